The Balaban J connectivity index is 1.77. The highest BCUT2D eigenvalue weighted by Crippen LogP contribution is 2.31. The zero-order chi connectivity index (χ0) is 23.1. The van der Waals surface area contributed by atoms with Crippen molar-refractivity contribution in [1.82, 2.24) is 14.5 Å². The number of aryl methyl sites for hydroxylation is 1. The fourth-order valence-corrected chi connectivity index (χ4v) is 3.77. The van der Waals surface area contributed by atoms with Gasteiger partial charge in [-0.3, -0.25) is 9.78 Å². The first-order valence-electron chi connectivity index (χ1n) is 10.9. The molecule has 0 aliphatic carbocycles. The predicted molar refractivity (Wildman–Crippen MR) is 127 cm³/mol. The van der Waals surface area contributed by atoms with E-state index in [4.69, 9.17) is 9.47 Å². The first kappa shape index (κ1) is 23.3. The molecule has 0 aliphatic rings. The summed E-state index contributed by atoms with van der Waals surface area (Å²) in [5.74, 6) is 1.07. The number of rotatable bonds is 10. The number of carbonyl (C=O) groups is 1. The Hall–Kier alpha value is -3.32. The second-order valence-electron chi connectivity index (χ2n) is 7.53. The largest absolute Gasteiger partial charge is 0.493 e. The number of benzene rings is 1. The van der Waals surface area contributed by atoms with Gasteiger partial charge in [0.2, 0.25) is 0 Å². The van der Waals surface area contributed by atoms with Crippen LogP contribution in [0, 0.1) is 13.8 Å². The minimum absolute atomic E-state index is 0.174. The van der Waals surface area contributed by atoms with Gasteiger partial charge in [-0.25, -0.2) is 0 Å². The van der Waals surface area contributed by atoms with Crippen molar-refractivity contribution in [2.45, 2.75) is 27.7 Å². The van der Waals surface area contributed by atoms with E-state index < -0.39 is 0 Å². The van der Waals surface area contributed by atoms with Crippen molar-refractivity contribution in [2.24, 2.45) is 0 Å². The summed E-state index contributed by atoms with van der Waals surface area (Å²) in [6.07, 6.45) is 3.52. The number of hydrogen-bond acceptors (Lipinski definition) is 5. The molecule has 3 aromatic rings. The highest BCUT2D eigenvalue weighted by molar-refractivity contribution is 6.05. The number of amides is 1. The number of hydrogen-bond donors (Lipinski definition) is 1. The summed E-state index contributed by atoms with van der Waals surface area (Å²) < 4.78 is 13.4. The van der Waals surface area contributed by atoms with Crippen molar-refractivity contribution in [3.63, 3.8) is 0 Å². The monoisotopic (exact) mass is 436 g/mol. The third kappa shape index (κ3) is 5.29. The van der Waals surface area contributed by atoms with E-state index >= 15 is 0 Å². The molecule has 2 aromatic heterocycles. The Morgan fingerprint density at radius 1 is 1.12 bits per heavy atom. The van der Waals surface area contributed by atoms with Gasteiger partial charge in [-0.2, -0.15) is 0 Å². The molecule has 1 aromatic carbocycles. The van der Waals surface area contributed by atoms with Crippen molar-refractivity contribution < 1.29 is 14.3 Å². The summed E-state index contributed by atoms with van der Waals surface area (Å²) in [6.45, 7) is 11.5. The zero-order valence-electron chi connectivity index (χ0n) is 19.5. The third-order valence-corrected chi connectivity index (χ3v) is 5.56. The highest BCUT2D eigenvalue weighted by Gasteiger charge is 2.18. The quantitative estimate of drug-likeness (QED) is 0.508. The molecule has 7 heteroatoms. The van der Waals surface area contributed by atoms with Crippen molar-refractivity contribution in [3.8, 4) is 17.2 Å². The number of nitrogens with one attached hydrogen (secondary N) is 1. The number of aromatic nitrogens is 2. The van der Waals surface area contributed by atoms with E-state index in [1.54, 1.807) is 31.6 Å². The van der Waals surface area contributed by atoms with Crippen LogP contribution < -0.4 is 14.8 Å². The van der Waals surface area contributed by atoms with Gasteiger partial charge >= 0.3 is 0 Å². The molecule has 0 saturated heterocycles. The SMILES string of the molecule is CCN(CC)CCOc1cc(NC(=O)c2cc(C)n(-c3cccnc3)c2C)ccc1OC. The van der Waals surface area contributed by atoms with Crippen LogP contribution in [-0.2, 0) is 0 Å². The molecule has 2 heterocycles. The van der Waals surface area contributed by atoms with Crippen LogP contribution in [-0.4, -0.2) is 53.7 Å². The van der Waals surface area contributed by atoms with Crippen LogP contribution in [0.2, 0.25) is 0 Å². The number of methoxy groups -OCH3 is 1. The van der Waals surface area contributed by atoms with E-state index in [9.17, 15) is 4.79 Å². The topological polar surface area (TPSA) is 68.6 Å². The van der Waals surface area contributed by atoms with Crippen LogP contribution in [0.3, 0.4) is 0 Å². The molecule has 1 N–H and O–H groups in total. The molecule has 0 atom stereocenters. The molecule has 170 valence electrons. The van der Waals surface area contributed by atoms with Crippen molar-refractivity contribution in [1.29, 1.82) is 0 Å². The fourth-order valence-electron chi connectivity index (χ4n) is 3.77. The maximum Gasteiger partial charge on any atom is 0.257 e. The van der Waals surface area contributed by atoms with Gasteiger partial charge in [0.05, 0.1) is 24.6 Å². The van der Waals surface area contributed by atoms with Gasteiger partial charge in [0.25, 0.3) is 5.91 Å². The Morgan fingerprint density at radius 2 is 1.91 bits per heavy atom. The van der Waals surface area contributed by atoms with Crippen LogP contribution >= 0.6 is 0 Å². The van der Waals surface area contributed by atoms with Gasteiger partial charge < -0.3 is 24.3 Å². The lowest BCUT2D eigenvalue weighted by Crippen LogP contribution is -2.28. The molecule has 0 saturated carbocycles. The van der Waals surface area contributed by atoms with Crippen LogP contribution in [0.15, 0.2) is 48.8 Å². The Kier molecular flexibility index (Phi) is 7.89. The minimum atomic E-state index is -0.174. The second-order valence-corrected chi connectivity index (χ2v) is 7.53. The van der Waals surface area contributed by atoms with Gasteiger partial charge in [0.1, 0.15) is 6.61 Å². The van der Waals surface area contributed by atoms with Crippen molar-refractivity contribution >= 4 is 11.6 Å². The fraction of sp³-hybridized carbons (Fsp3) is 0.360. The molecule has 0 fully saturated rings. The van der Waals surface area contributed by atoms with Gasteiger partial charge in [0.15, 0.2) is 11.5 Å². The van der Waals surface area contributed by atoms with Crippen LogP contribution in [0.5, 0.6) is 11.5 Å². The maximum atomic E-state index is 13.1. The lowest BCUT2D eigenvalue weighted by Gasteiger charge is -2.19. The molecular weight excluding hydrogens is 404 g/mol. The van der Waals surface area contributed by atoms with Gasteiger partial charge in [-0.15, -0.1) is 0 Å². The van der Waals surface area contributed by atoms with Gasteiger partial charge in [-0.05, 0) is 57.3 Å². The Bertz CT molecular complexity index is 1040. The number of carbonyl (C=O) groups excluding carboxylic acids is 1. The van der Waals surface area contributed by atoms with Crippen LogP contribution in [0.4, 0.5) is 5.69 Å². The molecule has 0 radical (unpaired) electrons. The number of likely N-dealkylation sites (N-methyl/N-ethyl adjacent to an activating group) is 1. The number of nitrogens with zero attached hydrogens (tertiary/aromatic N) is 3. The Morgan fingerprint density at radius 3 is 2.56 bits per heavy atom. The van der Waals surface area contributed by atoms with E-state index in [0.29, 0.717) is 29.4 Å². The maximum absolute atomic E-state index is 13.1. The molecule has 7 nitrogen and oxygen atoms in total. The summed E-state index contributed by atoms with van der Waals surface area (Å²) >= 11 is 0. The molecule has 32 heavy (non-hydrogen) atoms. The molecule has 0 spiro atoms. The second kappa shape index (κ2) is 10.8. The predicted octanol–water partition coefficient (Wildman–Crippen LogP) is 4.47. The highest BCUT2D eigenvalue weighted by atomic mass is 16.5. The van der Waals surface area contributed by atoms with E-state index in [0.717, 1.165) is 36.7 Å². The molecule has 0 unspecified atom stereocenters. The third-order valence-electron chi connectivity index (χ3n) is 5.56. The average Bonchev–Trinajstić information content (AvgIpc) is 3.11. The van der Waals surface area contributed by atoms with Crippen LogP contribution in [0.1, 0.15) is 35.6 Å². The lowest BCUT2D eigenvalue weighted by molar-refractivity contribution is 0.102. The van der Waals surface area contributed by atoms with Crippen molar-refractivity contribution in [2.75, 3.05) is 38.7 Å². The zero-order valence-corrected chi connectivity index (χ0v) is 19.5. The van der Waals surface area contributed by atoms with Gasteiger partial charge in [0, 0.05) is 35.9 Å². The van der Waals surface area contributed by atoms with E-state index in [-0.39, 0.29) is 5.91 Å². The average molecular weight is 437 g/mol. The summed E-state index contributed by atoms with van der Waals surface area (Å²) in [5.41, 5.74) is 4.02. The minimum Gasteiger partial charge on any atom is -0.493 e. The summed E-state index contributed by atoms with van der Waals surface area (Å²) in [7, 11) is 1.61. The number of ether oxygens (including phenoxy) is 2. The first-order chi connectivity index (χ1) is 15.5. The Labute approximate surface area is 190 Å². The summed E-state index contributed by atoms with van der Waals surface area (Å²) in [5, 5.41) is 2.99. The van der Waals surface area contributed by atoms with E-state index in [2.05, 4.69) is 29.0 Å². The van der Waals surface area contributed by atoms with E-state index in [1.807, 2.05) is 42.7 Å². The molecule has 0 aliphatic heterocycles. The normalized spacial score (nSPS) is 10.9. The summed E-state index contributed by atoms with van der Waals surface area (Å²) in [6, 6.07) is 11.2. The smallest absolute Gasteiger partial charge is 0.257 e. The number of pyridine rings is 1. The summed E-state index contributed by atoms with van der Waals surface area (Å²) in [4.78, 5) is 19.5. The molecule has 1 amide bonds. The number of anilines is 1. The molecule has 3 rings (SSSR count). The van der Waals surface area contributed by atoms with Crippen LogP contribution in [0.25, 0.3) is 5.69 Å². The molecule has 0 bridgehead atoms. The standard InChI is InChI=1S/C25H32N4O3/c1-6-28(7-2)13-14-32-24-16-20(10-11-23(24)31-5)27-25(30)22-15-18(3)29(19(22)4)21-9-8-12-26-17-21/h8-12,15-17H,6-7,13-14H2,1-5H3,(H,27,30). The lowest BCUT2D eigenvalue weighted by atomic mass is 10.2. The van der Waals surface area contributed by atoms with Gasteiger partial charge in [-0.1, -0.05) is 13.8 Å². The first-order valence-corrected chi connectivity index (χ1v) is 10.9. The van der Waals surface area contributed by atoms with E-state index in [1.165, 1.54) is 0 Å². The van der Waals surface area contributed by atoms with Crippen molar-refractivity contribution in [3.05, 3.63) is 65.7 Å². The molecular formula is C25H32N4O3.